The molecule has 0 unspecified atom stereocenters. The van der Waals surface area contributed by atoms with Crippen LogP contribution in [0.5, 0.6) is 0 Å². The Kier molecular flexibility index (Phi) is 4.95. The average molecular weight is 172 g/mol. The van der Waals surface area contributed by atoms with Gasteiger partial charge >= 0.3 is 5.97 Å². The van der Waals surface area contributed by atoms with E-state index >= 15 is 0 Å². The van der Waals surface area contributed by atoms with Gasteiger partial charge in [-0.2, -0.15) is 0 Å². The van der Waals surface area contributed by atoms with Crippen molar-refractivity contribution in [3.05, 3.63) is 0 Å². The summed E-state index contributed by atoms with van der Waals surface area (Å²) in [5, 5.41) is 0. The summed E-state index contributed by atoms with van der Waals surface area (Å²) in [4.78, 5) is 11.2. The molecule has 0 aromatic rings. The SMILES string of the molecule is CCCCCOC(=O)C(C)(C)C. The Labute approximate surface area is 75.3 Å². The zero-order valence-electron chi connectivity index (χ0n) is 8.64. The van der Waals surface area contributed by atoms with Crippen molar-refractivity contribution in [1.29, 1.82) is 0 Å². The fraction of sp³-hybridized carbons (Fsp3) is 0.900. The number of rotatable bonds is 4. The smallest absolute Gasteiger partial charge is 0.311 e. The van der Waals surface area contributed by atoms with Crippen LogP contribution in [0.4, 0.5) is 0 Å². The van der Waals surface area contributed by atoms with Crippen LogP contribution < -0.4 is 0 Å². The number of ether oxygens (including phenoxy) is 1. The van der Waals surface area contributed by atoms with Gasteiger partial charge in [0, 0.05) is 0 Å². The number of carbonyl (C=O) groups is 1. The minimum Gasteiger partial charge on any atom is -0.465 e. The van der Waals surface area contributed by atoms with E-state index < -0.39 is 0 Å². The highest BCUT2D eigenvalue weighted by atomic mass is 16.5. The molecule has 0 fully saturated rings. The monoisotopic (exact) mass is 172 g/mol. The first-order chi connectivity index (χ1) is 5.48. The summed E-state index contributed by atoms with van der Waals surface area (Å²) >= 11 is 0. The number of esters is 1. The van der Waals surface area contributed by atoms with Crippen LogP contribution in [0.2, 0.25) is 0 Å². The quantitative estimate of drug-likeness (QED) is 0.481. The van der Waals surface area contributed by atoms with E-state index in [1.54, 1.807) is 0 Å². The van der Waals surface area contributed by atoms with Crippen LogP contribution in [-0.2, 0) is 9.53 Å². The van der Waals surface area contributed by atoms with E-state index in [2.05, 4.69) is 6.92 Å². The van der Waals surface area contributed by atoms with Crippen LogP contribution in [0.3, 0.4) is 0 Å². The second-order valence-corrected chi connectivity index (χ2v) is 4.09. The molecule has 2 nitrogen and oxygen atoms in total. The lowest BCUT2D eigenvalue weighted by Crippen LogP contribution is -2.23. The summed E-state index contributed by atoms with van der Waals surface area (Å²) in [5.74, 6) is -0.0985. The van der Waals surface area contributed by atoms with E-state index in [9.17, 15) is 4.79 Å². The highest BCUT2D eigenvalue weighted by Crippen LogP contribution is 2.15. The fourth-order valence-electron chi connectivity index (χ4n) is 0.733. The van der Waals surface area contributed by atoms with Gasteiger partial charge in [0.2, 0.25) is 0 Å². The molecule has 2 heteroatoms. The highest BCUT2D eigenvalue weighted by molar-refractivity contribution is 5.75. The first kappa shape index (κ1) is 11.5. The molecule has 0 heterocycles. The van der Waals surface area contributed by atoms with E-state index in [0.29, 0.717) is 6.61 Å². The van der Waals surface area contributed by atoms with Crippen molar-refractivity contribution in [2.24, 2.45) is 5.41 Å². The molecule has 0 N–H and O–H groups in total. The number of hydrogen-bond donors (Lipinski definition) is 0. The topological polar surface area (TPSA) is 26.3 Å². The summed E-state index contributed by atoms with van der Waals surface area (Å²) in [5.41, 5.74) is -0.355. The van der Waals surface area contributed by atoms with Gasteiger partial charge < -0.3 is 4.74 Å². The zero-order chi connectivity index (χ0) is 9.61. The van der Waals surface area contributed by atoms with Crippen molar-refractivity contribution in [3.8, 4) is 0 Å². The second kappa shape index (κ2) is 5.18. The highest BCUT2D eigenvalue weighted by Gasteiger charge is 2.22. The first-order valence-electron chi connectivity index (χ1n) is 4.65. The van der Waals surface area contributed by atoms with Gasteiger partial charge in [-0.25, -0.2) is 0 Å². The van der Waals surface area contributed by atoms with Gasteiger partial charge in [-0.3, -0.25) is 4.79 Å². The molecule has 0 saturated carbocycles. The largest absolute Gasteiger partial charge is 0.465 e. The zero-order valence-corrected chi connectivity index (χ0v) is 8.64. The molecule has 0 aromatic heterocycles. The summed E-state index contributed by atoms with van der Waals surface area (Å²) in [6, 6.07) is 0. The predicted molar refractivity (Wildman–Crippen MR) is 49.9 cm³/mol. The van der Waals surface area contributed by atoms with Gasteiger partial charge in [-0.1, -0.05) is 19.8 Å². The van der Waals surface area contributed by atoms with E-state index in [4.69, 9.17) is 4.74 Å². The third-order valence-electron chi connectivity index (χ3n) is 1.59. The molecule has 0 radical (unpaired) electrons. The average Bonchev–Trinajstić information content (AvgIpc) is 1.96. The molecular weight excluding hydrogens is 152 g/mol. The van der Waals surface area contributed by atoms with Crippen LogP contribution in [-0.4, -0.2) is 12.6 Å². The molecule has 0 atom stereocenters. The minimum atomic E-state index is -0.355. The molecule has 0 saturated heterocycles. The molecular formula is C10H20O2. The van der Waals surface area contributed by atoms with Gasteiger partial charge in [0.05, 0.1) is 12.0 Å². The van der Waals surface area contributed by atoms with Gasteiger partial charge in [-0.15, -0.1) is 0 Å². The Morgan fingerprint density at radius 3 is 2.25 bits per heavy atom. The Bertz CT molecular complexity index is 133. The Morgan fingerprint density at radius 1 is 1.25 bits per heavy atom. The third-order valence-corrected chi connectivity index (χ3v) is 1.59. The number of hydrogen-bond acceptors (Lipinski definition) is 2. The van der Waals surface area contributed by atoms with Crippen LogP contribution in [0.25, 0.3) is 0 Å². The molecule has 0 aliphatic heterocycles. The van der Waals surface area contributed by atoms with Crippen molar-refractivity contribution in [1.82, 2.24) is 0 Å². The van der Waals surface area contributed by atoms with E-state index in [0.717, 1.165) is 19.3 Å². The lowest BCUT2D eigenvalue weighted by Gasteiger charge is -2.16. The third kappa shape index (κ3) is 5.16. The molecule has 0 amide bonds. The maximum Gasteiger partial charge on any atom is 0.311 e. The lowest BCUT2D eigenvalue weighted by molar-refractivity contribution is -0.153. The lowest BCUT2D eigenvalue weighted by atomic mass is 9.97. The molecule has 0 bridgehead atoms. The standard InChI is InChI=1S/C10H20O2/c1-5-6-7-8-12-9(11)10(2,3)4/h5-8H2,1-4H3. The summed E-state index contributed by atoms with van der Waals surface area (Å²) < 4.78 is 5.07. The van der Waals surface area contributed by atoms with Crippen molar-refractivity contribution < 1.29 is 9.53 Å². The maximum absolute atomic E-state index is 11.2. The van der Waals surface area contributed by atoms with Crippen molar-refractivity contribution in [2.45, 2.75) is 47.0 Å². The predicted octanol–water partition coefficient (Wildman–Crippen LogP) is 2.77. The van der Waals surface area contributed by atoms with Crippen molar-refractivity contribution >= 4 is 5.97 Å². The Balaban J connectivity index is 3.45. The number of carbonyl (C=O) groups excluding carboxylic acids is 1. The molecule has 12 heavy (non-hydrogen) atoms. The second-order valence-electron chi connectivity index (χ2n) is 4.09. The molecule has 72 valence electrons. The van der Waals surface area contributed by atoms with Crippen molar-refractivity contribution in [3.63, 3.8) is 0 Å². The molecule has 0 aromatic carbocycles. The first-order valence-corrected chi connectivity index (χ1v) is 4.65. The summed E-state index contributed by atoms with van der Waals surface area (Å²) in [6.45, 7) is 8.31. The fourth-order valence-corrected chi connectivity index (χ4v) is 0.733. The molecule has 0 spiro atoms. The Hall–Kier alpha value is -0.530. The minimum absolute atomic E-state index is 0.0985. The normalized spacial score (nSPS) is 11.3. The molecule has 0 rings (SSSR count). The van der Waals surface area contributed by atoms with E-state index in [1.165, 1.54) is 0 Å². The van der Waals surface area contributed by atoms with Crippen LogP contribution >= 0.6 is 0 Å². The van der Waals surface area contributed by atoms with E-state index in [-0.39, 0.29) is 11.4 Å². The molecule has 0 aliphatic rings. The van der Waals surface area contributed by atoms with Crippen LogP contribution in [0.15, 0.2) is 0 Å². The van der Waals surface area contributed by atoms with Gasteiger partial charge in [0.15, 0.2) is 0 Å². The molecule has 0 aliphatic carbocycles. The summed E-state index contributed by atoms with van der Waals surface area (Å²) in [7, 11) is 0. The van der Waals surface area contributed by atoms with E-state index in [1.807, 2.05) is 20.8 Å². The van der Waals surface area contributed by atoms with Crippen LogP contribution in [0, 0.1) is 5.41 Å². The van der Waals surface area contributed by atoms with Gasteiger partial charge in [0.25, 0.3) is 0 Å². The maximum atomic E-state index is 11.2. The summed E-state index contributed by atoms with van der Waals surface area (Å²) in [6.07, 6.45) is 3.28. The number of unbranched alkanes of at least 4 members (excludes halogenated alkanes) is 2. The van der Waals surface area contributed by atoms with Crippen molar-refractivity contribution in [2.75, 3.05) is 6.61 Å². The van der Waals surface area contributed by atoms with Crippen LogP contribution in [0.1, 0.15) is 47.0 Å². The Morgan fingerprint density at radius 2 is 1.83 bits per heavy atom. The van der Waals surface area contributed by atoms with Gasteiger partial charge in [0.1, 0.15) is 0 Å². The van der Waals surface area contributed by atoms with Gasteiger partial charge in [-0.05, 0) is 27.2 Å².